The predicted molar refractivity (Wildman–Crippen MR) is 323 cm³/mol. The Morgan fingerprint density at radius 1 is 0.447 bits per heavy atom. The van der Waals surface area contributed by atoms with Gasteiger partial charge < -0.3 is 14.4 Å². The molecule has 364 valence electrons. The number of anilines is 5. The van der Waals surface area contributed by atoms with Crippen molar-refractivity contribution in [2.45, 2.75) is 44.4 Å². The topological polar surface area (TPSA) is 11.4 Å². The van der Waals surface area contributed by atoms with E-state index in [4.69, 9.17) is 0 Å². The summed E-state index contributed by atoms with van der Waals surface area (Å²) < 4.78 is 5.13. The maximum absolute atomic E-state index is 2.57. The summed E-state index contributed by atoms with van der Waals surface area (Å²) in [6, 6.07) is 86.0. The highest BCUT2D eigenvalue weighted by Gasteiger charge is 2.45. The van der Waals surface area contributed by atoms with Gasteiger partial charge in [0.25, 0.3) is 0 Å². The monoisotopic (exact) mass is 993 g/mol. The van der Waals surface area contributed by atoms with Crippen LogP contribution in [0.2, 0.25) is 0 Å². The molecule has 2 atom stereocenters. The number of hydrogen-bond acceptors (Lipinski definition) is 3. The van der Waals surface area contributed by atoms with Crippen LogP contribution in [-0.4, -0.2) is 4.57 Å². The van der Waals surface area contributed by atoms with Gasteiger partial charge in [-0.15, -0.1) is 11.3 Å². The molecule has 12 aromatic rings. The van der Waals surface area contributed by atoms with Crippen molar-refractivity contribution in [2.75, 3.05) is 9.80 Å². The van der Waals surface area contributed by atoms with Crippen LogP contribution in [0.15, 0.2) is 254 Å². The third-order valence-electron chi connectivity index (χ3n) is 17.2. The van der Waals surface area contributed by atoms with Crippen LogP contribution in [0.1, 0.15) is 55.9 Å². The van der Waals surface area contributed by atoms with Crippen LogP contribution in [0.25, 0.3) is 69.9 Å². The Hall–Kier alpha value is -8.70. The molecule has 0 fully saturated rings. The minimum absolute atomic E-state index is 0.0498. The van der Waals surface area contributed by atoms with Crippen LogP contribution in [-0.2, 0) is 10.8 Å². The number of allylic oxidation sites excluding steroid dienone is 3. The Balaban J connectivity index is 0.986. The molecule has 4 heteroatoms. The van der Waals surface area contributed by atoms with E-state index in [-0.39, 0.29) is 16.7 Å². The first-order valence-electron chi connectivity index (χ1n) is 26.7. The summed E-state index contributed by atoms with van der Waals surface area (Å²) in [6.07, 6.45) is 7.42. The van der Waals surface area contributed by atoms with E-state index < -0.39 is 0 Å². The average Bonchev–Trinajstić information content (AvgIpc) is 4.17. The molecular weight excluding hydrogens is 939 g/mol. The highest BCUT2D eigenvalue weighted by Crippen LogP contribution is 2.55. The van der Waals surface area contributed by atoms with Crippen molar-refractivity contribution in [3.05, 3.63) is 277 Å². The number of hydrogen-bond donors (Lipinski definition) is 0. The summed E-state index contributed by atoms with van der Waals surface area (Å²) in [4.78, 5) is 4.98. The molecule has 76 heavy (non-hydrogen) atoms. The Kier molecular flexibility index (Phi) is 9.96. The Morgan fingerprint density at radius 3 is 1.88 bits per heavy atom. The third kappa shape index (κ3) is 6.73. The highest BCUT2D eigenvalue weighted by atomic mass is 32.1. The quantitative estimate of drug-likeness (QED) is 0.150. The zero-order chi connectivity index (χ0) is 50.9. The van der Waals surface area contributed by atoms with E-state index in [0.717, 1.165) is 45.3 Å². The zero-order valence-corrected chi connectivity index (χ0v) is 43.9. The van der Waals surface area contributed by atoms with Crippen molar-refractivity contribution in [3.8, 4) is 27.9 Å². The fourth-order valence-corrected chi connectivity index (χ4v) is 14.8. The summed E-state index contributed by atoms with van der Waals surface area (Å²) in [6.45, 7) is 9.61. The number of benzene rings is 10. The molecule has 3 aliphatic carbocycles. The standard InChI is InChI=1S/C72H55N3S/c1-71(2)62-29-17-14-26-55(62)57-36-33-51(44-64(57)71)73(48-20-8-5-9-21-48)53-40-47(41-54(43-53)74(49-22-10-6-11-23-49)52-34-37-58-56-27-15-18-30-63(56)72(3,4)65(58)45-52)46-32-35-61-67(42-46)75(50-24-12-7-13-25-50)66-39-38-60-59-28-16-19-31-68(59)76-70(60)69(61)66/h5-45,57,64H,1-4H3. The predicted octanol–water partition coefficient (Wildman–Crippen LogP) is 19.9. The Morgan fingerprint density at radius 2 is 1.09 bits per heavy atom. The maximum Gasteiger partial charge on any atom is 0.0555 e. The van der Waals surface area contributed by atoms with Gasteiger partial charge in [0.05, 0.1) is 11.0 Å². The molecule has 2 aromatic heterocycles. The van der Waals surface area contributed by atoms with Crippen molar-refractivity contribution in [2.24, 2.45) is 5.92 Å². The maximum atomic E-state index is 2.57. The van der Waals surface area contributed by atoms with Crippen molar-refractivity contribution in [3.63, 3.8) is 0 Å². The van der Waals surface area contributed by atoms with E-state index in [1.807, 2.05) is 11.3 Å². The van der Waals surface area contributed by atoms with E-state index in [1.165, 1.54) is 81.1 Å². The molecule has 0 saturated carbocycles. The fraction of sp³-hybridized carbons (Fsp3) is 0.111. The Bertz CT molecular complexity index is 4360. The van der Waals surface area contributed by atoms with Crippen LogP contribution in [0.4, 0.5) is 28.4 Å². The van der Waals surface area contributed by atoms with Gasteiger partial charge in [0, 0.05) is 82.1 Å². The summed E-state index contributed by atoms with van der Waals surface area (Å²) in [5, 5.41) is 5.18. The number of thiophene rings is 1. The van der Waals surface area contributed by atoms with Gasteiger partial charge in [0.15, 0.2) is 0 Å². The van der Waals surface area contributed by atoms with Gasteiger partial charge in [0.2, 0.25) is 0 Å². The summed E-state index contributed by atoms with van der Waals surface area (Å²) in [7, 11) is 0. The Labute approximate surface area is 448 Å². The molecule has 2 heterocycles. The zero-order valence-electron chi connectivity index (χ0n) is 43.1. The van der Waals surface area contributed by atoms with Crippen LogP contribution in [0.3, 0.4) is 0 Å². The number of aromatic nitrogens is 1. The molecule has 0 bridgehead atoms. The SMILES string of the molecule is CC1(C)c2ccccc2-c2ccc(N(c3ccccc3)c3cc(-c4ccc5c6c7sc8ccccc8c7ccc6n(-c6ccccc6)c5c4)cc(N(C4=CC5C(C=C4)c4ccccc4C5(C)C)c4ccccc4)c3)cc21. The summed E-state index contributed by atoms with van der Waals surface area (Å²) in [5.74, 6) is 0.600. The van der Waals surface area contributed by atoms with Crippen LogP contribution in [0.5, 0.6) is 0 Å². The largest absolute Gasteiger partial charge is 0.311 e. The molecule has 0 radical (unpaired) electrons. The smallest absolute Gasteiger partial charge is 0.0555 e. The van der Waals surface area contributed by atoms with Crippen LogP contribution >= 0.6 is 11.3 Å². The van der Waals surface area contributed by atoms with E-state index in [2.05, 4.69) is 291 Å². The lowest BCUT2D eigenvalue weighted by Crippen LogP contribution is -2.28. The van der Waals surface area contributed by atoms with Crippen molar-refractivity contribution in [1.29, 1.82) is 0 Å². The second-order valence-corrected chi connectivity index (χ2v) is 23.2. The normalized spacial score (nSPS) is 16.7. The van der Waals surface area contributed by atoms with E-state index in [9.17, 15) is 0 Å². The second kappa shape index (κ2) is 16.9. The van der Waals surface area contributed by atoms with Gasteiger partial charge in [-0.05, 0) is 147 Å². The van der Waals surface area contributed by atoms with Crippen molar-refractivity contribution < 1.29 is 0 Å². The van der Waals surface area contributed by atoms with Gasteiger partial charge in [0.1, 0.15) is 0 Å². The molecule has 3 aliphatic rings. The molecule has 2 unspecified atom stereocenters. The van der Waals surface area contributed by atoms with E-state index in [1.54, 1.807) is 0 Å². The first-order valence-corrected chi connectivity index (χ1v) is 27.6. The summed E-state index contributed by atoms with van der Waals surface area (Å²) in [5.41, 5.74) is 20.5. The lowest BCUT2D eigenvalue weighted by atomic mass is 9.74. The second-order valence-electron chi connectivity index (χ2n) is 22.1. The van der Waals surface area contributed by atoms with Crippen molar-refractivity contribution in [1.82, 2.24) is 4.57 Å². The minimum Gasteiger partial charge on any atom is -0.311 e. The summed E-state index contributed by atoms with van der Waals surface area (Å²) >= 11 is 1.90. The van der Waals surface area contributed by atoms with Crippen LogP contribution < -0.4 is 9.80 Å². The average molecular weight is 994 g/mol. The molecule has 0 aliphatic heterocycles. The molecule has 0 amide bonds. The molecule has 3 nitrogen and oxygen atoms in total. The number of rotatable bonds is 8. The van der Waals surface area contributed by atoms with Gasteiger partial charge >= 0.3 is 0 Å². The van der Waals surface area contributed by atoms with Gasteiger partial charge in [-0.2, -0.15) is 0 Å². The molecule has 0 spiro atoms. The molecule has 15 rings (SSSR count). The minimum atomic E-state index is -0.166. The lowest BCUT2D eigenvalue weighted by molar-refractivity contribution is 0.392. The van der Waals surface area contributed by atoms with E-state index >= 15 is 0 Å². The number of para-hydroxylation sites is 3. The van der Waals surface area contributed by atoms with Gasteiger partial charge in [-0.1, -0.05) is 185 Å². The lowest BCUT2D eigenvalue weighted by Gasteiger charge is -2.35. The fourth-order valence-electron chi connectivity index (χ4n) is 13.5. The highest BCUT2D eigenvalue weighted by molar-refractivity contribution is 7.26. The van der Waals surface area contributed by atoms with Gasteiger partial charge in [-0.3, -0.25) is 0 Å². The first kappa shape index (κ1) is 44.8. The molecule has 0 saturated heterocycles. The van der Waals surface area contributed by atoms with E-state index in [0.29, 0.717) is 5.92 Å². The molecule has 0 N–H and O–H groups in total. The number of fused-ring (bicyclic) bond motifs is 13. The number of nitrogens with zero attached hydrogens (tertiary/aromatic N) is 3. The first-order chi connectivity index (χ1) is 37.2. The third-order valence-corrected chi connectivity index (χ3v) is 18.4. The van der Waals surface area contributed by atoms with Crippen molar-refractivity contribution >= 4 is 81.8 Å². The molecular formula is C72H55N3S. The van der Waals surface area contributed by atoms with Crippen LogP contribution in [0, 0.1) is 5.92 Å². The molecule has 10 aromatic carbocycles. The van der Waals surface area contributed by atoms with Gasteiger partial charge in [-0.25, -0.2) is 0 Å².